The molecule has 5 heteroatoms. The van der Waals surface area contributed by atoms with Crippen molar-refractivity contribution in [2.45, 2.75) is 6.92 Å². The summed E-state index contributed by atoms with van der Waals surface area (Å²) >= 11 is 5.83. The number of hydrogen-bond acceptors (Lipinski definition) is 3. The first-order valence-corrected chi connectivity index (χ1v) is 6.85. The Morgan fingerprint density at radius 2 is 1.90 bits per heavy atom. The second kappa shape index (κ2) is 6.99. The Hall–Kier alpha value is -2.20. The van der Waals surface area contributed by atoms with E-state index in [0.29, 0.717) is 24.0 Å². The number of carbonyl (C=O) groups is 1. The summed E-state index contributed by atoms with van der Waals surface area (Å²) in [4.78, 5) is 11.3. The minimum Gasteiger partial charge on any atom is -0.490 e. The molecular formula is C16H16ClNO3. The zero-order chi connectivity index (χ0) is 15.2. The minimum atomic E-state index is -0.577. The van der Waals surface area contributed by atoms with Gasteiger partial charge in [0.15, 0.2) is 0 Å². The third-order valence-corrected chi connectivity index (χ3v) is 3.04. The predicted octanol–water partition coefficient (Wildman–Crippen LogP) is 3.21. The molecule has 0 bridgehead atoms. The Morgan fingerprint density at radius 1 is 1.14 bits per heavy atom. The first-order chi connectivity index (χ1) is 10.1. The molecule has 2 N–H and O–H groups in total. The van der Waals surface area contributed by atoms with Gasteiger partial charge in [-0.25, -0.2) is 0 Å². The van der Waals surface area contributed by atoms with Crippen LogP contribution in [0, 0.1) is 6.92 Å². The number of aryl methyl sites for hydroxylation is 1. The smallest absolute Gasteiger partial charge is 0.252 e. The van der Waals surface area contributed by atoms with Crippen molar-refractivity contribution in [2.24, 2.45) is 5.73 Å². The molecule has 21 heavy (non-hydrogen) atoms. The normalized spacial score (nSPS) is 10.2. The van der Waals surface area contributed by atoms with Crippen LogP contribution in [0.2, 0.25) is 5.02 Å². The summed E-state index contributed by atoms with van der Waals surface area (Å²) in [6, 6.07) is 12.5. The molecule has 1 amide bonds. The Morgan fingerprint density at radius 3 is 2.62 bits per heavy atom. The van der Waals surface area contributed by atoms with Gasteiger partial charge in [0.1, 0.15) is 24.7 Å². The van der Waals surface area contributed by atoms with E-state index >= 15 is 0 Å². The van der Waals surface area contributed by atoms with E-state index in [9.17, 15) is 4.79 Å². The number of ether oxygens (including phenoxy) is 2. The van der Waals surface area contributed by atoms with Gasteiger partial charge in [-0.05, 0) is 42.8 Å². The third kappa shape index (κ3) is 4.39. The maximum atomic E-state index is 11.3. The van der Waals surface area contributed by atoms with Crippen molar-refractivity contribution in [3.63, 3.8) is 0 Å². The number of carbonyl (C=O) groups excluding carboxylic acids is 1. The van der Waals surface area contributed by atoms with Crippen LogP contribution in [0.3, 0.4) is 0 Å². The van der Waals surface area contributed by atoms with E-state index in [4.69, 9.17) is 26.8 Å². The molecule has 0 saturated heterocycles. The molecule has 0 aliphatic carbocycles. The number of benzene rings is 2. The molecule has 0 aromatic heterocycles. The molecule has 0 aliphatic rings. The highest BCUT2D eigenvalue weighted by molar-refractivity contribution is 6.31. The average Bonchev–Trinajstić information content (AvgIpc) is 2.44. The van der Waals surface area contributed by atoms with Crippen LogP contribution in [-0.2, 0) is 0 Å². The number of nitrogens with two attached hydrogens (primary N) is 1. The summed E-state index contributed by atoms with van der Waals surface area (Å²) in [7, 11) is 0. The average molecular weight is 306 g/mol. The van der Waals surface area contributed by atoms with Crippen LogP contribution in [-0.4, -0.2) is 19.1 Å². The van der Waals surface area contributed by atoms with E-state index < -0.39 is 5.91 Å². The third-order valence-electron chi connectivity index (χ3n) is 2.81. The molecule has 0 saturated carbocycles. The number of halogens is 1. The number of rotatable bonds is 6. The maximum absolute atomic E-state index is 11.3. The van der Waals surface area contributed by atoms with Crippen molar-refractivity contribution >= 4 is 17.5 Å². The van der Waals surface area contributed by atoms with Crippen LogP contribution in [0.1, 0.15) is 15.9 Å². The van der Waals surface area contributed by atoms with E-state index in [1.807, 2.05) is 31.2 Å². The Balaban J connectivity index is 1.90. The molecule has 0 aliphatic heterocycles. The lowest BCUT2D eigenvalue weighted by atomic mass is 10.2. The van der Waals surface area contributed by atoms with Crippen molar-refractivity contribution in [1.82, 2.24) is 0 Å². The molecule has 110 valence electrons. The highest BCUT2D eigenvalue weighted by Crippen LogP contribution is 2.22. The van der Waals surface area contributed by atoms with Crippen molar-refractivity contribution in [2.75, 3.05) is 13.2 Å². The number of amides is 1. The molecule has 2 rings (SSSR count). The highest BCUT2D eigenvalue weighted by Gasteiger charge is 2.10. The molecule has 2 aromatic rings. The standard InChI is InChI=1S/C16H16ClNO3/c1-11-3-2-4-13(9-11)20-7-8-21-15-6-5-12(17)10-14(15)16(18)19/h2-6,9-10H,7-8H2,1H3,(H2,18,19). The first kappa shape index (κ1) is 15.2. The predicted molar refractivity (Wildman–Crippen MR) is 82.1 cm³/mol. The van der Waals surface area contributed by atoms with Gasteiger partial charge in [-0.15, -0.1) is 0 Å². The molecular weight excluding hydrogens is 290 g/mol. The van der Waals surface area contributed by atoms with Crippen LogP contribution in [0.25, 0.3) is 0 Å². The molecule has 0 heterocycles. The summed E-state index contributed by atoms with van der Waals surface area (Å²) in [5, 5.41) is 0.437. The summed E-state index contributed by atoms with van der Waals surface area (Å²) < 4.78 is 11.1. The van der Waals surface area contributed by atoms with Gasteiger partial charge in [0.2, 0.25) is 0 Å². The molecule has 4 nitrogen and oxygen atoms in total. The van der Waals surface area contributed by atoms with E-state index in [0.717, 1.165) is 11.3 Å². The van der Waals surface area contributed by atoms with Gasteiger partial charge in [-0.3, -0.25) is 4.79 Å². The van der Waals surface area contributed by atoms with Gasteiger partial charge >= 0.3 is 0 Å². The maximum Gasteiger partial charge on any atom is 0.252 e. The number of hydrogen-bond donors (Lipinski definition) is 1. The SMILES string of the molecule is Cc1cccc(OCCOc2ccc(Cl)cc2C(N)=O)c1. The minimum absolute atomic E-state index is 0.262. The zero-order valence-electron chi connectivity index (χ0n) is 11.6. The van der Waals surface area contributed by atoms with Crippen molar-refractivity contribution in [3.05, 3.63) is 58.6 Å². The van der Waals surface area contributed by atoms with Crippen LogP contribution >= 0.6 is 11.6 Å². The fourth-order valence-electron chi connectivity index (χ4n) is 1.84. The van der Waals surface area contributed by atoms with Gasteiger partial charge in [0.05, 0.1) is 5.56 Å². The molecule has 0 spiro atoms. The van der Waals surface area contributed by atoms with E-state index in [1.165, 1.54) is 6.07 Å². The lowest BCUT2D eigenvalue weighted by Crippen LogP contribution is -2.15. The summed E-state index contributed by atoms with van der Waals surface area (Å²) in [5.74, 6) is 0.608. The van der Waals surface area contributed by atoms with Crippen LogP contribution in [0.4, 0.5) is 0 Å². The lowest BCUT2D eigenvalue weighted by molar-refractivity contribution is 0.0995. The highest BCUT2D eigenvalue weighted by atomic mass is 35.5. The summed E-state index contributed by atoms with van der Waals surface area (Å²) in [5.41, 5.74) is 6.68. The van der Waals surface area contributed by atoms with Crippen LogP contribution in [0.15, 0.2) is 42.5 Å². The van der Waals surface area contributed by atoms with Crippen molar-refractivity contribution in [3.8, 4) is 11.5 Å². The van der Waals surface area contributed by atoms with Crippen molar-refractivity contribution in [1.29, 1.82) is 0 Å². The molecule has 0 atom stereocenters. The monoisotopic (exact) mass is 305 g/mol. The Kier molecular flexibility index (Phi) is 5.06. The Labute approximate surface area is 128 Å². The van der Waals surface area contributed by atoms with Crippen LogP contribution in [0.5, 0.6) is 11.5 Å². The molecule has 2 aromatic carbocycles. The first-order valence-electron chi connectivity index (χ1n) is 6.48. The molecule has 0 radical (unpaired) electrons. The topological polar surface area (TPSA) is 61.6 Å². The quantitative estimate of drug-likeness (QED) is 0.834. The summed E-state index contributed by atoms with van der Waals surface area (Å²) in [6.07, 6.45) is 0. The number of primary amides is 1. The fraction of sp³-hybridized carbons (Fsp3) is 0.188. The van der Waals surface area contributed by atoms with E-state index in [-0.39, 0.29) is 5.56 Å². The van der Waals surface area contributed by atoms with Gasteiger partial charge in [0.25, 0.3) is 5.91 Å². The molecule has 0 unspecified atom stereocenters. The van der Waals surface area contributed by atoms with Gasteiger partial charge < -0.3 is 15.2 Å². The summed E-state index contributed by atoms with van der Waals surface area (Å²) in [6.45, 7) is 2.66. The van der Waals surface area contributed by atoms with Gasteiger partial charge in [-0.1, -0.05) is 23.7 Å². The second-order valence-corrected chi connectivity index (χ2v) is 4.95. The fourth-order valence-corrected chi connectivity index (χ4v) is 2.01. The second-order valence-electron chi connectivity index (χ2n) is 4.52. The lowest BCUT2D eigenvalue weighted by Gasteiger charge is -2.11. The van der Waals surface area contributed by atoms with Gasteiger partial charge in [0, 0.05) is 5.02 Å². The van der Waals surface area contributed by atoms with Crippen molar-refractivity contribution < 1.29 is 14.3 Å². The van der Waals surface area contributed by atoms with E-state index in [1.54, 1.807) is 12.1 Å². The zero-order valence-corrected chi connectivity index (χ0v) is 12.4. The van der Waals surface area contributed by atoms with Gasteiger partial charge in [-0.2, -0.15) is 0 Å². The largest absolute Gasteiger partial charge is 0.490 e. The van der Waals surface area contributed by atoms with E-state index in [2.05, 4.69) is 0 Å². The van der Waals surface area contributed by atoms with Crippen LogP contribution < -0.4 is 15.2 Å². The molecule has 0 fully saturated rings. The Bertz CT molecular complexity index is 643.